The van der Waals surface area contributed by atoms with Gasteiger partial charge in [-0.3, -0.25) is 19.7 Å². The molecule has 0 bridgehead atoms. The summed E-state index contributed by atoms with van der Waals surface area (Å²) in [5.41, 5.74) is 4.20. The van der Waals surface area contributed by atoms with Crippen molar-refractivity contribution in [2.45, 2.75) is 25.0 Å². The first kappa shape index (κ1) is 21.1. The van der Waals surface area contributed by atoms with Crippen LogP contribution in [0, 0.1) is 10.1 Å². The number of carbonyl (C=O) groups is 2. The highest BCUT2D eigenvalue weighted by atomic mass is 16.6. The number of fused-ring (bicyclic) bond motifs is 4. The minimum absolute atomic E-state index is 0.0365. The van der Waals surface area contributed by atoms with E-state index in [9.17, 15) is 19.7 Å². The monoisotopic (exact) mass is 466 g/mol. The van der Waals surface area contributed by atoms with Gasteiger partial charge in [0.25, 0.3) is 5.69 Å². The Kier molecular flexibility index (Phi) is 4.88. The number of piperazine rings is 1. The molecule has 1 saturated heterocycles. The predicted octanol–water partition coefficient (Wildman–Crippen LogP) is 3.96. The quantitative estimate of drug-likeness (QED) is 0.363. The minimum atomic E-state index is -0.684. The molecule has 0 unspecified atom stereocenters. The number of para-hydroxylation sites is 1. The average molecular weight is 466 g/mol. The molecule has 6 rings (SSSR count). The number of aromatic amines is 1. The van der Waals surface area contributed by atoms with Gasteiger partial charge >= 0.3 is 0 Å². The van der Waals surface area contributed by atoms with Crippen molar-refractivity contribution in [1.29, 1.82) is 0 Å². The molecule has 8 nitrogen and oxygen atoms in total. The minimum Gasteiger partial charge on any atom is -0.356 e. The average Bonchev–Trinajstić information content (AvgIpc) is 3.25. The number of rotatable bonds is 4. The first-order valence-corrected chi connectivity index (χ1v) is 11.5. The molecule has 8 heteroatoms. The van der Waals surface area contributed by atoms with E-state index in [-0.39, 0.29) is 24.0 Å². The molecule has 0 spiro atoms. The number of hydrogen-bond acceptors (Lipinski definition) is 4. The Balaban J connectivity index is 1.48. The van der Waals surface area contributed by atoms with Gasteiger partial charge < -0.3 is 14.8 Å². The Morgan fingerprint density at radius 2 is 1.74 bits per heavy atom. The maximum atomic E-state index is 13.7. The molecule has 2 aliphatic heterocycles. The molecule has 3 aromatic carbocycles. The van der Waals surface area contributed by atoms with Crippen LogP contribution < -0.4 is 0 Å². The van der Waals surface area contributed by atoms with E-state index in [0.29, 0.717) is 18.5 Å². The predicted molar refractivity (Wildman–Crippen MR) is 129 cm³/mol. The summed E-state index contributed by atoms with van der Waals surface area (Å²) in [5, 5.41) is 12.5. The second-order valence-electron chi connectivity index (χ2n) is 9.02. The summed E-state index contributed by atoms with van der Waals surface area (Å²) in [6, 6.07) is 22.5. The summed E-state index contributed by atoms with van der Waals surface area (Å²) < 4.78 is 0. The maximum absolute atomic E-state index is 13.7. The van der Waals surface area contributed by atoms with Crippen LogP contribution in [0.25, 0.3) is 10.9 Å². The molecule has 1 N–H and O–H groups in total. The van der Waals surface area contributed by atoms with Crippen LogP contribution in [-0.4, -0.2) is 44.1 Å². The second kappa shape index (κ2) is 8.09. The summed E-state index contributed by atoms with van der Waals surface area (Å²) in [7, 11) is 0. The number of amides is 2. The Hall–Kier alpha value is -4.46. The van der Waals surface area contributed by atoms with E-state index >= 15 is 0 Å². The van der Waals surface area contributed by atoms with Crippen LogP contribution in [0.5, 0.6) is 0 Å². The number of carbonyl (C=O) groups excluding carboxylic acids is 2. The van der Waals surface area contributed by atoms with Gasteiger partial charge in [0.05, 0.1) is 11.0 Å². The van der Waals surface area contributed by atoms with Crippen molar-refractivity contribution < 1.29 is 14.5 Å². The highest BCUT2D eigenvalue weighted by Crippen LogP contribution is 2.43. The number of H-pyrrole nitrogens is 1. The van der Waals surface area contributed by atoms with E-state index in [0.717, 1.165) is 27.7 Å². The topological polar surface area (TPSA) is 99.5 Å². The molecular weight excluding hydrogens is 444 g/mol. The van der Waals surface area contributed by atoms with E-state index in [1.165, 1.54) is 12.1 Å². The molecule has 4 aromatic rings. The van der Waals surface area contributed by atoms with Gasteiger partial charge in [0, 0.05) is 41.7 Å². The Bertz CT molecular complexity index is 1480. The zero-order valence-corrected chi connectivity index (χ0v) is 18.8. The lowest BCUT2D eigenvalue weighted by molar-refractivity contribution is -0.384. The largest absolute Gasteiger partial charge is 0.356 e. The second-order valence-corrected chi connectivity index (χ2v) is 9.02. The van der Waals surface area contributed by atoms with Crippen molar-refractivity contribution in [3.63, 3.8) is 0 Å². The Morgan fingerprint density at radius 3 is 2.54 bits per heavy atom. The molecule has 174 valence electrons. The summed E-state index contributed by atoms with van der Waals surface area (Å²) in [4.78, 5) is 45.1. The van der Waals surface area contributed by atoms with Crippen LogP contribution in [0.3, 0.4) is 0 Å². The molecule has 0 radical (unpaired) electrons. The third kappa shape index (κ3) is 3.45. The Morgan fingerprint density at radius 1 is 0.971 bits per heavy atom. The van der Waals surface area contributed by atoms with Gasteiger partial charge in [0.2, 0.25) is 11.8 Å². The molecule has 3 heterocycles. The molecule has 1 aromatic heterocycles. The lowest BCUT2D eigenvalue weighted by atomic mass is 9.86. The van der Waals surface area contributed by atoms with Crippen molar-refractivity contribution in [2.24, 2.45) is 0 Å². The number of hydrogen-bond donors (Lipinski definition) is 1. The van der Waals surface area contributed by atoms with E-state index in [1.807, 2.05) is 54.6 Å². The zero-order chi connectivity index (χ0) is 24.1. The standard InChI is InChI=1S/C27H22N4O4/c32-24-16-29(15-17-7-2-1-3-8-17)27(33)23-14-21-20-11-4-5-12-22(20)28-25(21)26(30(23)24)18-9-6-10-19(13-18)31(34)35/h1-13,23,26,28H,14-16H2/t23-,26+/m0/s1. The number of aromatic nitrogens is 1. The van der Waals surface area contributed by atoms with Gasteiger partial charge in [0.1, 0.15) is 12.6 Å². The van der Waals surface area contributed by atoms with Crippen molar-refractivity contribution in [2.75, 3.05) is 6.54 Å². The smallest absolute Gasteiger partial charge is 0.269 e. The van der Waals surface area contributed by atoms with Gasteiger partial charge in [-0.2, -0.15) is 0 Å². The lowest BCUT2D eigenvalue weighted by Gasteiger charge is -2.47. The number of benzene rings is 3. The molecule has 0 aliphatic carbocycles. The summed E-state index contributed by atoms with van der Waals surface area (Å²) in [5.74, 6) is -0.286. The van der Waals surface area contributed by atoms with Crippen LogP contribution in [0.4, 0.5) is 5.69 Å². The molecule has 35 heavy (non-hydrogen) atoms. The number of nitrogens with one attached hydrogen (secondary N) is 1. The van der Waals surface area contributed by atoms with E-state index in [2.05, 4.69) is 4.98 Å². The third-order valence-corrected chi connectivity index (χ3v) is 6.96. The molecule has 2 amide bonds. The van der Waals surface area contributed by atoms with Crippen molar-refractivity contribution >= 4 is 28.4 Å². The van der Waals surface area contributed by atoms with Gasteiger partial charge in [-0.25, -0.2) is 0 Å². The van der Waals surface area contributed by atoms with E-state index < -0.39 is 17.0 Å². The normalized spacial score (nSPS) is 19.5. The lowest BCUT2D eigenvalue weighted by Crippen LogP contribution is -2.62. The molecular formula is C27H22N4O4. The third-order valence-electron chi connectivity index (χ3n) is 6.96. The molecule has 0 saturated carbocycles. The highest BCUT2D eigenvalue weighted by Gasteiger charge is 2.48. The number of non-ortho nitro benzene ring substituents is 1. The van der Waals surface area contributed by atoms with Gasteiger partial charge in [0.15, 0.2) is 0 Å². The SMILES string of the molecule is O=C1[C@@H]2Cc3c([nH]c4ccccc34)[C@@H](c3cccc([N+](=O)[O-])c3)N2C(=O)CN1Cc1ccccc1. The van der Waals surface area contributed by atoms with E-state index in [4.69, 9.17) is 0 Å². The number of nitrogens with zero attached hydrogens (tertiary/aromatic N) is 3. The van der Waals surface area contributed by atoms with Crippen LogP contribution in [0.15, 0.2) is 78.9 Å². The Labute approximate surface area is 200 Å². The maximum Gasteiger partial charge on any atom is 0.269 e. The van der Waals surface area contributed by atoms with Crippen molar-refractivity contribution in [3.8, 4) is 0 Å². The fourth-order valence-electron chi connectivity index (χ4n) is 5.42. The molecule has 2 atom stereocenters. The van der Waals surface area contributed by atoms with Crippen LogP contribution >= 0.6 is 0 Å². The van der Waals surface area contributed by atoms with Crippen molar-refractivity contribution in [3.05, 3.63) is 111 Å². The molecule has 1 fully saturated rings. The summed E-state index contributed by atoms with van der Waals surface area (Å²) in [6.45, 7) is 0.323. The van der Waals surface area contributed by atoms with Crippen molar-refractivity contribution in [1.82, 2.24) is 14.8 Å². The summed E-state index contributed by atoms with van der Waals surface area (Å²) in [6.07, 6.45) is 0.390. The first-order valence-electron chi connectivity index (χ1n) is 11.5. The van der Waals surface area contributed by atoms with Crippen LogP contribution in [0.1, 0.15) is 28.4 Å². The zero-order valence-electron chi connectivity index (χ0n) is 18.8. The fraction of sp³-hybridized carbons (Fsp3) is 0.185. The van der Waals surface area contributed by atoms with Gasteiger partial charge in [-0.05, 0) is 22.8 Å². The van der Waals surface area contributed by atoms with E-state index in [1.54, 1.807) is 21.9 Å². The van der Waals surface area contributed by atoms with Crippen LogP contribution in [0.2, 0.25) is 0 Å². The fourth-order valence-corrected chi connectivity index (χ4v) is 5.42. The number of nitro groups is 1. The van der Waals surface area contributed by atoms with Gasteiger partial charge in [-0.15, -0.1) is 0 Å². The summed E-state index contributed by atoms with van der Waals surface area (Å²) >= 11 is 0. The van der Waals surface area contributed by atoms with Gasteiger partial charge in [-0.1, -0.05) is 60.7 Å². The van der Waals surface area contributed by atoms with Crippen LogP contribution in [-0.2, 0) is 22.6 Å². The number of nitro benzene ring substituents is 1. The molecule has 2 aliphatic rings. The highest BCUT2D eigenvalue weighted by molar-refractivity contribution is 5.97. The first-order chi connectivity index (χ1) is 17.0.